The fourth-order valence-corrected chi connectivity index (χ4v) is 4.60. The van der Waals surface area contributed by atoms with Crippen molar-refractivity contribution in [2.45, 2.75) is 56.7 Å². The van der Waals surface area contributed by atoms with Crippen LogP contribution in [-0.2, 0) is 4.79 Å². The highest BCUT2D eigenvalue weighted by Gasteiger charge is 2.42. The summed E-state index contributed by atoms with van der Waals surface area (Å²) >= 11 is 0. The van der Waals surface area contributed by atoms with Crippen LogP contribution in [0, 0.1) is 40.9 Å². The Balaban J connectivity index is 1.37. The van der Waals surface area contributed by atoms with E-state index in [1.54, 1.807) is 4.90 Å². The molecule has 0 unspecified atom stereocenters. The third-order valence-electron chi connectivity index (χ3n) is 6.12. The third kappa shape index (κ3) is 3.85. The number of likely N-dealkylation sites (tertiary alicyclic amines) is 1. The number of piperidine rings is 1. The first-order chi connectivity index (χ1) is 14.4. The number of hydrogen-bond donors (Lipinski definition) is 0. The minimum Gasteiger partial charge on any atom is -0.484 e. The molecule has 2 bridgehead atoms. The van der Waals surface area contributed by atoms with Gasteiger partial charge in [0.15, 0.2) is 5.75 Å². The zero-order valence-corrected chi connectivity index (χ0v) is 16.2. The molecular weight excluding hydrogens is 407 g/mol. The summed E-state index contributed by atoms with van der Waals surface area (Å²) < 4.78 is 73.1. The van der Waals surface area contributed by atoms with E-state index in [4.69, 9.17) is 4.74 Å². The fourth-order valence-electron chi connectivity index (χ4n) is 4.60. The fraction of sp³-hybridized carbons (Fsp3) is 0.571. The number of carbonyl (C=O) groups excluding carboxylic acids is 1. The molecule has 3 fully saturated rings. The van der Waals surface area contributed by atoms with E-state index in [0.717, 1.165) is 25.8 Å². The van der Waals surface area contributed by atoms with Gasteiger partial charge in [0.1, 0.15) is 6.10 Å². The predicted molar refractivity (Wildman–Crippen MR) is 97.0 cm³/mol. The molecule has 0 aromatic heterocycles. The second-order valence-corrected chi connectivity index (χ2v) is 7.94. The van der Waals surface area contributed by atoms with Gasteiger partial charge in [-0.2, -0.15) is 8.78 Å². The van der Waals surface area contributed by atoms with Gasteiger partial charge in [0, 0.05) is 25.0 Å². The maximum Gasteiger partial charge on any atom is 0.223 e. The van der Waals surface area contributed by atoms with Crippen LogP contribution in [0.2, 0.25) is 0 Å². The van der Waals surface area contributed by atoms with Gasteiger partial charge in [-0.05, 0) is 32.1 Å². The van der Waals surface area contributed by atoms with E-state index < -0.39 is 40.9 Å². The molecule has 0 saturated carbocycles. The highest BCUT2D eigenvalue weighted by atomic mass is 19.2. The SMILES string of the molecule is O=C1CCCN1CC#CCN1[C@@H]2CC[C@H]1C[C@@H](Oc1c(F)c(F)c(F)c(F)c1F)C2. The van der Waals surface area contributed by atoms with Gasteiger partial charge >= 0.3 is 0 Å². The molecule has 9 heteroatoms. The summed E-state index contributed by atoms with van der Waals surface area (Å²) in [7, 11) is 0. The lowest BCUT2D eigenvalue weighted by atomic mass is 9.99. The Morgan fingerprint density at radius 3 is 2.00 bits per heavy atom. The van der Waals surface area contributed by atoms with Gasteiger partial charge < -0.3 is 9.64 Å². The van der Waals surface area contributed by atoms with Crippen molar-refractivity contribution in [3.63, 3.8) is 0 Å². The Labute approximate surface area is 171 Å². The number of hydrogen-bond acceptors (Lipinski definition) is 3. The molecule has 0 N–H and O–H groups in total. The van der Waals surface area contributed by atoms with Crippen molar-refractivity contribution in [3.8, 4) is 17.6 Å². The van der Waals surface area contributed by atoms with Crippen molar-refractivity contribution < 1.29 is 31.5 Å². The van der Waals surface area contributed by atoms with E-state index in [0.29, 0.717) is 32.4 Å². The van der Waals surface area contributed by atoms with Gasteiger partial charge in [0.05, 0.1) is 13.1 Å². The van der Waals surface area contributed by atoms with E-state index in [9.17, 15) is 26.7 Å². The van der Waals surface area contributed by atoms with E-state index in [-0.39, 0.29) is 18.0 Å². The molecule has 4 nitrogen and oxygen atoms in total. The van der Waals surface area contributed by atoms with Crippen molar-refractivity contribution in [1.82, 2.24) is 9.80 Å². The van der Waals surface area contributed by atoms with Gasteiger partial charge in [-0.1, -0.05) is 11.8 Å². The number of amides is 1. The molecule has 3 heterocycles. The van der Waals surface area contributed by atoms with Crippen LogP contribution in [0.3, 0.4) is 0 Å². The van der Waals surface area contributed by atoms with Gasteiger partial charge in [0.2, 0.25) is 35.0 Å². The van der Waals surface area contributed by atoms with Crippen LogP contribution < -0.4 is 4.74 Å². The number of ether oxygens (including phenoxy) is 1. The lowest BCUT2D eigenvalue weighted by Gasteiger charge is -2.37. The first-order valence-corrected chi connectivity index (χ1v) is 10.0. The zero-order valence-electron chi connectivity index (χ0n) is 16.2. The third-order valence-corrected chi connectivity index (χ3v) is 6.12. The Kier molecular flexibility index (Phi) is 5.87. The largest absolute Gasteiger partial charge is 0.484 e. The quantitative estimate of drug-likeness (QED) is 0.319. The molecule has 4 rings (SSSR count). The molecule has 1 aromatic carbocycles. The molecular formula is C21H21F5N2O2. The summed E-state index contributed by atoms with van der Waals surface area (Å²) in [5, 5.41) is 0. The topological polar surface area (TPSA) is 32.8 Å². The summed E-state index contributed by atoms with van der Waals surface area (Å²) in [6, 6.07) is 0.135. The highest BCUT2D eigenvalue weighted by molar-refractivity contribution is 5.78. The smallest absolute Gasteiger partial charge is 0.223 e. The Morgan fingerprint density at radius 2 is 1.43 bits per heavy atom. The van der Waals surface area contributed by atoms with Gasteiger partial charge in [-0.15, -0.1) is 0 Å². The van der Waals surface area contributed by atoms with Crippen LogP contribution in [0.4, 0.5) is 22.0 Å². The monoisotopic (exact) mass is 428 g/mol. The van der Waals surface area contributed by atoms with Crippen LogP contribution in [0.15, 0.2) is 0 Å². The molecule has 0 spiro atoms. The Hall–Kier alpha value is -2.34. The van der Waals surface area contributed by atoms with Crippen molar-refractivity contribution in [1.29, 1.82) is 0 Å². The minimum absolute atomic E-state index is 0.0673. The summed E-state index contributed by atoms with van der Waals surface area (Å²) in [5.74, 6) is -5.06. The lowest BCUT2D eigenvalue weighted by Crippen LogP contribution is -2.46. The maximum absolute atomic E-state index is 13.9. The van der Waals surface area contributed by atoms with Crippen LogP contribution in [-0.4, -0.2) is 53.5 Å². The Bertz CT molecular complexity index is 870. The summed E-state index contributed by atoms with van der Waals surface area (Å²) in [4.78, 5) is 15.5. The van der Waals surface area contributed by atoms with Crippen molar-refractivity contribution in [2.24, 2.45) is 0 Å². The Morgan fingerprint density at radius 1 is 0.867 bits per heavy atom. The minimum atomic E-state index is -2.19. The summed E-state index contributed by atoms with van der Waals surface area (Å²) in [5.41, 5.74) is 0. The lowest BCUT2D eigenvalue weighted by molar-refractivity contribution is -0.127. The molecule has 0 radical (unpaired) electrons. The van der Waals surface area contributed by atoms with Gasteiger partial charge in [-0.3, -0.25) is 9.69 Å². The van der Waals surface area contributed by atoms with Crippen molar-refractivity contribution in [3.05, 3.63) is 29.1 Å². The number of benzene rings is 1. The molecule has 1 aromatic rings. The van der Waals surface area contributed by atoms with Gasteiger partial charge in [0.25, 0.3) is 0 Å². The van der Waals surface area contributed by atoms with Gasteiger partial charge in [-0.25, -0.2) is 13.2 Å². The maximum atomic E-state index is 13.9. The number of carbonyl (C=O) groups is 1. The summed E-state index contributed by atoms with van der Waals surface area (Å²) in [6.45, 7) is 1.65. The van der Waals surface area contributed by atoms with Crippen LogP contribution in [0.5, 0.6) is 5.75 Å². The first kappa shape index (κ1) is 20.9. The van der Waals surface area contributed by atoms with Crippen LogP contribution in [0.25, 0.3) is 0 Å². The predicted octanol–water partition coefficient (Wildman–Crippen LogP) is 3.38. The molecule has 3 aliphatic heterocycles. The van der Waals surface area contributed by atoms with Crippen molar-refractivity contribution >= 4 is 5.91 Å². The van der Waals surface area contributed by atoms with E-state index in [1.807, 2.05) is 0 Å². The number of fused-ring (bicyclic) bond motifs is 2. The summed E-state index contributed by atoms with van der Waals surface area (Å²) in [6.07, 6.45) is 3.35. The van der Waals surface area contributed by atoms with Crippen LogP contribution >= 0.6 is 0 Å². The highest BCUT2D eigenvalue weighted by Crippen LogP contribution is 2.38. The van der Waals surface area contributed by atoms with E-state index in [1.165, 1.54) is 0 Å². The number of halogens is 5. The first-order valence-electron chi connectivity index (χ1n) is 10.0. The molecule has 30 heavy (non-hydrogen) atoms. The van der Waals surface area contributed by atoms with Crippen LogP contribution in [0.1, 0.15) is 38.5 Å². The molecule has 3 saturated heterocycles. The van der Waals surface area contributed by atoms with Crippen molar-refractivity contribution in [2.75, 3.05) is 19.6 Å². The number of rotatable bonds is 4. The van der Waals surface area contributed by atoms with E-state index in [2.05, 4.69) is 16.7 Å². The normalized spacial score (nSPS) is 26.1. The molecule has 3 aliphatic rings. The second-order valence-electron chi connectivity index (χ2n) is 7.94. The molecule has 162 valence electrons. The average Bonchev–Trinajstić information content (AvgIpc) is 3.24. The molecule has 0 aliphatic carbocycles. The second kappa shape index (κ2) is 8.42. The molecule has 3 atom stereocenters. The number of nitrogens with zero attached hydrogens (tertiary/aromatic N) is 2. The van der Waals surface area contributed by atoms with E-state index >= 15 is 0 Å². The standard InChI is InChI=1S/C21H21F5N2O2/c22-16-17(23)19(25)21(20(26)18(16)24)30-14-10-12-5-6-13(11-14)28(12)9-2-1-7-27-8-3-4-15(27)29/h12-14H,3-11H2/t12-,13+,14+. The molecule has 1 amide bonds. The zero-order chi connectivity index (χ0) is 21.4. The average molecular weight is 428 g/mol.